The molecular formula is C29H32O6. The van der Waals surface area contributed by atoms with E-state index >= 15 is 0 Å². The number of fused-ring (bicyclic) bond motifs is 1. The van der Waals surface area contributed by atoms with Crippen molar-refractivity contribution in [1.82, 2.24) is 0 Å². The number of carbonyl (C=O) groups is 1. The summed E-state index contributed by atoms with van der Waals surface area (Å²) in [5.74, 6) is 2.15. The van der Waals surface area contributed by atoms with E-state index in [9.17, 15) is 9.90 Å². The molecule has 0 radical (unpaired) electrons. The molecule has 0 saturated heterocycles. The van der Waals surface area contributed by atoms with Crippen molar-refractivity contribution in [2.45, 2.75) is 52.4 Å². The van der Waals surface area contributed by atoms with Gasteiger partial charge in [0.05, 0.1) is 13.2 Å². The maximum Gasteiger partial charge on any atom is 0.200 e. The van der Waals surface area contributed by atoms with Gasteiger partial charge >= 0.3 is 0 Å². The molecule has 1 heterocycles. The van der Waals surface area contributed by atoms with Crippen molar-refractivity contribution in [3.8, 4) is 23.0 Å². The average Bonchev–Trinajstić information content (AvgIpc) is 2.86. The second-order valence-corrected chi connectivity index (χ2v) is 9.13. The van der Waals surface area contributed by atoms with Gasteiger partial charge in [-0.25, -0.2) is 0 Å². The van der Waals surface area contributed by atoms with Crippen molar-refractivity contribution in [3.63, 3.8) is 0 Å². The fourth-order valence-corrected chi connectivity index (χ4v) is 4.10. The first-order chi connectivity index (χ1) is 16.9. The Morgan fingerprint density at radius 2 is 1.80 bits per heavy atom. The number of carbonyl (C=O) groups excluding carboxylic acids is 1. The number of hydrogen-bond donors (Lipinski definition) is 1. The third-order valence-corrected chi connectivity index (χ3v) is 5.98. The quantitative estimate of drug-likeness (QED) is 0.388. The first-order valence-corrected chi connectivity index (χ1v) is 11.9. The molecule has 1 aliphatic rings. The summed E-state index contributed by atoms with van der Waals surface area (Å²) in [5, 5.41) is 9.84. The van der Waals surface area contributed by atoms with E-state index in [4.69, 9.17) is 18.9 Å². The summed E-state index contributed by atoms with van der Waals surface area (Å²) < 4.78 is 23.8. The van der Waals surface area contributed by atoms with Crippen LogP contribution in [0.15, 0.2) is 60.7 Å². The van der Waals surface area contributed by atoms with Gasteiger partial charge in [-0.2, -0.15) is 0 Å². The SMILES string of the molecule is CCOc1ccc(C(=O)COc2c(CO)ccc3c2CCC(C)(C)O3)cc1OCc1ccccc1. The molecule has 184 valence electrons. The molecular weight excluding hydrogens is 444 g/mol. The van der Waals surface area contributed by atoms with Crippen molar-refractivity contribution in [1.29, 1.82) is 0 Å². The summed E-state index contributed by atoms with van der Waals surface area (Å²) in [7, 11) is 0. The number of hydrogen-bond acceptors (Lipinski definition) is 6. The highest BCUT2D eigenvalue weighted by Gasteiger charge is 2.30. The van der Waals surface area contributed by atoms with Gasteiger partial charge in [-0.1, -0.05) is 30.3 Å². The van der Waals surface area contributed by atoms with Gasteiger partial charge in [-0.15, -0.1) is 0 Å². The van der Waals surface area contributed by atoms with Crippen LogP contribution in [0.1, 0.15) is 54.2 Å². The zero-order chi connectivity index (χ0) is 24.8. The molecule has 0 aromatic heterocycles. The molecule has 0 bridgehead atoms. The van der Waals surface area contributed by atoms with Crippen LogP contribution < -0.4 is 18.9 Å². The van der Waals surface area contributed by atoms with E-state index in [-0.39, 0.29) is 24.6 Å². The molecule has 3 aromatic rings. The number of ether oxygens (including phenoxy) is 4. The largest absolute Gasteiger partial charge is 0.490 e. The van der Waals surface area contributed by atoms with Gasteiger partial charge in [0.2, 0.25) is 0 Å². The Bertz CT molecular complexity index is 1170. The molecule has 6 heteroatoms. The Morgan fingerprint density at radius 3 is 2.54 bits per heavy atom. The molecule has 1 N–H and O–H groups in total. The first-order valence-electron chi connectivity index (χ1n) is 11.9. The summed E-state index contributed by atoms with van der Waals surface area (Å²) in [6, 6.07) is 18.6. The highest BCUT2D eigenvalue weighted by atomic mass is 16.5. The Labute approximate surface area is 206 Å². The van der Waals surface area contributed by atoms with E-state index in [1.54, 1.807) is 24.3 Å². The number of aliphatic hydroxyl groups is 1. The monoisotopic (exact) mass is 476 g/mol. The Hall–Kier alpha value is -3.51. The van der Waals surface area contributed by atoms with Gasteiger partial charge in [0, 0.05) is 16.7 Å². The van der Waals surface area contributed by atoms with E-state index in [2.05, 4.69) is 0 Å². The second-order valence-electron chi connectivity index (χ2n) is 9.13. The highest BCUT2D eigenvalue weighted by Crippen LogP contribution is 2.40. The van der Waals surface area contributed by atoms with Gasteiger partial charge < -0.3 is 24.1 Å². The molecule has 0 aliphatic carbocycles. The molecule has 0 saturated carbocycles. The second kappa shape index (κ2) is 10.8. The molecule has 3 aromatic carbocycles. The third kappa shape index (κ3) is 5.95. The molecule has 0 amide bonds. The number of rotatable bonds is 10. The van der Waals surface area contributed by atoms with Crippen LogP contribution in [-0.4, -0.2) is 29.7 Å². The van der Waals surface area contributed by atoms with Gasteiger partial charge in [-0.3, -0.25) is 4.79 Å². The van der Waals surface area contributed by atoms with Crippen LogP contribution >= 0.6 is 0 Å². The fourth-order valence-electron chi connectivity index (χ4n) is 4.10. The van der Waals surface area contributed by atoms with Crippen LogP contribution in [0.25, 0.3) is 0 Å². The van der Waals surface area contributed by atoms with E-state index in [0.717, 1.165) is 29.7 Å². The molecule has 0 spiro atoms. The van der Waals surface area contributed by atoms with E-state index < -0.39 is 0 Å². The van der Waals surface area contributed by atoms with E-state index in [0.29, 0.717) is 41.6 Å². The lowest BCUT2D eigenvalue weighted by Gasteiger charge is -2.33. The van der Waals surface area contributed by atoms with Crippen molar-refractivity contribution in [3.05, 3.63) is 82.9 Å². The van der Waals surface area contributed by atoms with Crippen LogP contribution in [0.4, 0.5) is 0 Å². The number of ketones is 1. The zero-order valence-electron chi connectivity index (χ0n) is 20.5. The number of Topliss-reactive ketones (excluding diaryl/α,β-unsaturated/α-hetero) is 1. The minimum atomic E-state index is -0.265. The molecule has 1 aliphatic heterocycles. The van der Waals surface area contributed by atoms with Crippen LogP contribution in [0.3, 0.4) is 0 Å². The van der Waals surface area contributed by atoms with Crippen molar-refractivity contribution >= 4 is 5.78 Å². The van der Waals surface area contributed by atoms with Crippen molar-refractivity contribution in [2.24, 2.45) is 0 Å². The summed E-state index contributed by atoms with van der Waals surface area (Å²) in [5.41, 5.74) is 2.75. The standard InChI is InChI=1S/C29H32O6/c1-4-32-26-13-10-21(16-27(26)33-18-20-8-6-5-7-9-20)24(31)19-34-28-22(17-30)11-12-25-23(28)14-15-29(2,3)35-25/h5-13,16,30H,4,14-15,17-19H2,1-3H3. The predicted octanol–water partition coefficient (Wildman–Crippen LogP) is 5.52. The Morgan fingerprint density at radius 1 is 1.00 bits per heavy atom. The number of aliphatic hydroxyl groups excluding tert-OH is 1. The molecule has 35 heavy (non-hydrogen) atoms. The zero-order valence-corrected chi connectivity index (χ0v) is 20.5. The normalized spacial score (nSPS) is 13.9. The van der Waals surface area contributed by atoms with Crippen LogP contribution in [0.5, 0.6) is 23.0 Å². The van der Waals surface area contributed by atoms with Gasteiger partial charge in [0.15, 0.2) is 23.9 Å². The number of benzene rings is 3. The van der Waals surface area contributed by atoms with Crippen molar-refractivity contribution < 1.29 is 28.8 Å². The van der Waals surface area contributed by atoms with Crippen LogP contribution in [0, 0.1) is 0 Å². The van der Waals surface area contributed by atoms with E-state index in [1.807, 2.05) is 57.2 Å². The van der Waals surface area contributed by atoms with Gasteiger partial charge in [0.1, 0.15) is 23.7 Å². The topological polar surface area (TPSA) is 74.2 Å². The van der Waals surface area contributed by atoms with Gasteiger partial charge in [0.25, 0.3) is 0 Å². The Balaban J connectivity index is 1.51. The lowest BCUT2D eigenvalue weighted by Crippen LogP contribution is -2.33. The first kappa shape index (κ1) is 24.6. The molecule has 0 fully saturated rings. The highest BCUT2D eigenvalue weighted by molar-refractivity contribution is 5.97. The average molecular weight is 477 g/mol. The third-order valence-electron chi connectivity index (χ3n) is 5.98. The van der Waals surface area contributed by atoms with E-state index in [1.165, 1.54) is 0 Å². The minimum Gasteiger partial charge on any atom is -0.490 e. The maximum absolute atomic E-state index is 13.1. The fraction of sp³-hybridized carbons (Fsp3) is 0.345. The van der Waals surface area contributed by atoms with Crippen LogP contribution in [-0.2, 0) is 19.6 Å². The summed E-state index contributed by atoms with van der Waals surface area (Å²) in [4.78, 5) is 13.1. The summed E-state index contributed by atoms with van der Waals surface area (Å²) in [6.45, 7) is 6.49. The molecule has 4 rings (SSSR count). The lowest BCUT2D eigenvalue weighted by atomic mass is 9.92. The molecule has 0 atom stereocenters. The summed E-state index contributed by atoms with van der Waals surface area (Å²) >= 11 is 0. The minimum absolute atomic E-state index is 0.168. The molecule has 6 nitrogen and oxygen atoms in total. The maximum atomic E-state index is 13.1. The predicted molar refractivity (Wildman–Crippen MR) is 134 cm³/mol. The van der Waals surface area contributed by atoms with Gasteiger partial charge in [-0.05, 0) is 69.5 Å². The van der Waals surface area contributed by atoms with Crippen molar-refractivity contribution in [2.75, 3.05) is 13.2 Å². The summed E-state index contributed by atoms with van der Waals surface area (Å²) in [6.07, 6.45) is 1.57. The lowest BCUT2D eigenvalue weighted by molar-refractivity contribution is 0.0813. The Kier molecular flexibility index (Phi) is 7.61. The van der Waals surface area contributed by atoms with Crippen LogP contribution in [0.2, 0.25) is 0 Å². The molecule has 0 unspecified atom stereocenters. The smallest absolute Gasteiger partial charge is 0.200 e.